The van der Waals surface area contributed by atoms with E-state index in [1.54, 1.807) is 4.90 Å². The lowest BCUT2D eigenvalue weighted by Crippen LogP contribution is -2.60. The molecule has 2 saturated heterocycles. The van der Waals surface area contributed by atoms with E-state index in [0.29, 0.717) is 36.7 Å². The quantitative estimate of drug-likeness (QED) is 0.411. The summed E-state index contributed by atoms with van der Waals surface area (Å²) in [4.78, 5) is 49.6. The number of anilines is 1. The van der Waals surface area contributed by atoms with Gasteiger partial charge in [-0.05, 0) is 62.4 Å². The van der Waals surface area contributed by atoms with Crippen molar-refractivity contribution in [2.24, 2.45) is 17.3 Å². The molecule has 2 aromatic carbocycles. The van der Waals surface area contributed by atoms with Crippen LogP contribution in [0.5, 0.6) is 5.75 Å². The first-order chi connectivity index (χ1) is 22.3. The maximum Gasteiger partial charge on any atom is 0.249 e. The SMILES string of the molecule is CCOc1ccc(N2CC=C[C@@H]3O[C@]45C=CCN(C(C)(C)CC(C)(C)C)C(=O)C4N([C@H](CO)c4ccccc4)C(=O)[C@@H]5[C@@H]3C2=O)cc1. The molecule has 4 heterocycles. The van der Waals surface area contributed by atoms with Crippen LogP contribution >= 0.6 is 0 Å². The van der Waals surface area contributed by atoms with E-state index in [-0.39, 0.29) is 23.1 Å². The number of rotatable bonds is 8. The predicted octanol–water partition coefficient (Wildman–Crippen LogP) is 4.92. The van der Waals surface area contributed by atoms with Gasteiger partial charge >= 0.3 is 0 Å². The van der Waals surface area contributed by atoms with Gasteiger partial charge in [-0.15, -0.1) is 0 Å². The summed E-state index contributed by atoms with van der Waals surface area (Å²) >= 11 is 0. The van der Waals surface area contributed by atoms with Crippen LogP contribution < -0.4 is 9.64 Å². The zero-order valence-corrected chi connectivity index (χ0v) is 28.3. The third-order valence-electron chi connectivity index (χ3n) is 9.94. The number of aliphatic hydroxyl groups excluding tert-OH is 1. The zero-order valence-electron chi connectivity index (χ0n) is 28.3. The Balaban J connectivity index is 1.46. The van der Waals surface area contributed by atoms with E-state index in [1.807, 2.05) is 90.7 Å². The summed E-state index contributed by atoms with van der Waals surface area (Å²) in [5.41, 5.74) is -0.632. The van der Waals surface area contributed by atoms with Crippen molar-refractivity contribution in [3.63, 3.8) is 0 Å². The molecule has 1 spiro atoms. The fourth-order valence-corrected chi connectivity index (χ4v) is 8.50. The van der Waals surface area contributed by atoms with Gasteiger partial charge in [0.15, 0.2) is 0 Å². The molecule has 6 atom stereocenters. The second-order valence-corrected chi connectivity index (χ2v) is 14.9. The number of carbonyl (C=O) groups excluding carboxylic acids is 3. The number of benzene rings is 2. The van der Waals surface area contributed by atoms with E-state index in [1.165, 1.54) is 4.90 Å². The largest absolute Gasteiger partial charge is 0.494 e. The van der Waals surface area contributed by atoms with Crippen molar-refractivity contribution in [1.82, 2.24) is 9.80 Å². The number of fused-ring (bicyclic) bond motifs is 2. The highest BCUT2D eigenvalue weighted by Gasteiger charge is 2.73. The van der Waals surface area contributed by atoms with Crippen molar-refractivity contribution in [3.8, 4) is 5.75 Å². The first-order valence-electron chi connectivity index (χ1n) is 16.7. The molecule has 4 aliphatic heterocycles. The molecule has 9 heteroatoms. The smallest absolute Gasteiger partial charge is 0.249 e. The van der Waals surface area contributed by atoms with Gasteiger partial charge in [-0.1, -0.05) is 75.4 Å². The molecule has 0 saturated carbocycles. The maximum absolute atomic E-state index is 15.0. The highest BCUT2D eigenvalue weighted by Crippen LogP contribution is 2.56. The Kier molecular flexibility index (Phi) is 8.59. The van der Waals surface area contributed by atoms with E-state index in [4.69, 9.17) is 9.47 Å². The number of hydrogen-bond acceptors (Lipinski definition) is 6. The summed E-state index contributed by atoms with van der Waals surface area (Å²) in [7, 11) is 0. The summed E-state index contributed by atoms with van der Waals surface area (Å²) < 4.78 is 12.5. The third kappa shape index (κ3) is 5.67. The van der Waals surface area contributed by atoms with E-state index >= 15 is 4.79 Å². The van der Waals surface area contributed by atoms with Crippen LogP contribution in [0.15, 0.2) is 78.9 Å². The Morgan fingerprint density at radius 2 is 1.64 bits per heavy atom. The third-order valence-corrected chi connectivity index (χ3v) is 9.94. The van der Waals surface area contributed by atoms with Gasteiger partial charge in [0.25, 0.3) is 0 Å². The molecule has 1 unspecified atom stereocenters. The number of nitrogens with zero attached hydrogens (tertiary/aromatic N) is 3. The molecule has 0 aromatic heterocycles. The number of hydrogen-bond donors (Lipinski definition) is 1. The second kappa shape index (κ2) is 12.3. The predicted molar refractivity (Wildman–Crippen MR) is 180 cm³/mol. The van der Waals surface area contributed by atoms with Gasteiger partial charge in [0.1, 0.15) is 17.4 Å². The van der Waals surface area contributed by atoms with E-state index in [9.17, 15) is 14.7 Å². The highest BCUT2D eigenvalue weighted by molar-refractivity contribution is 6.04. The Labute approximate surface area is 277 Å². The molecule has 3 amide bonds. The zero-order chi connectivity index (χ0) is 33.7. The van der Waals surface area contributed by atoms with Gasteiger partial charge in [-0.25, -0.2) is 0 Å². The van der Waals surface area contributed by atoms with Gasteiger partial charge in [0.05, 0.1) is 37.2 Å². The summed E-state index contributed by atoms with van der Waals surface area (Å²) in [6, 6.07) is 14.7. The monoisotopic (exact) mass is 641 g/mol. The van der Waals surface area contributed by atoms with Crippen molar-refractivity contribution in [3.05, 3.63) is 84.5 Å². The van der Waals surface area contributed by atoms with Gasteiger partial charge < -0.3 is 29.3 Å². The molecule has 0 aliphatic carbocycles. The summed E-state index contributed by atoms with van der Waals surface area (Å²) in [6.45, 7) is 13.3. The Bertz CT molecular complexity index is 1560. The van der Waals surface area contributed by atoms with Crippen LogP contribution in [0.1, 0.15) is 59.6 Å². The molecule has 2 aromatic rings. The fourth-order valence-electron chi connectivity index (χ4n) is 8.50. The lowest BCUT2D eigenvalue weighted by Gasteiger charge is -2.45. The first kappa shape index (κ1) is 33.0. The number of ether oxygens (including phenoxy) is 2. The second-order valence-electron chi connectivity index (χ2n) is 14.9. The maximum atomic E-state index is 15.0. The van der Waals surface area contributed by atoms with Crippen LogP contribution in [0.2, 0.25) is 0 Å². The molecule has 0 bridgehead atoms. The van der Waals surface area contributed by atoms with Crippen LogP contribution in [-0.2, 0) is 19.1 Å². The minimum atomic E-state index is -1.40. The molecular weight excluding hydrogens is 594 g/mol. The van der Waals surface area contributed by atoms with Crippen LogP contribution in [0.3, 0.4) is 0 Å². The van der Waals surface area contributed by atoms with Crippen molar-refractivity contribution >= 4 is 23.4 Å². The van der Waals surface area contributed by atoms with Gasteiger partial charge in [0, 0.05) is 24.3 Å². The van der Waals surface area contributed by atoms with Crippen molar-refractivity contribution in [1.29, 1.82) is 0 Å². The lowest BCUT2D eigenvalue weighted by atomic mass is 9.77. The number of amides is 3. The normalized spacial score (nSPS) is 28.1. The molecule has 250 valence electrons. The molecule has 9 nitrogen and oxygen atoms in total. The van der Waals surface area contributed by atoms with Crippen molar-refractivity contribution in [2.75, 3.05) is 31.2 Å². The highest BCUT2D eigenvalue weighted by atomic mass is 16.5. The van der Waals surface area contributed by atoms with Crippen LogP contribution in [-0.4, -0.2) is 82.2 Å². The van der Waals surface area contributed by atoms with Gasteiger partial charge in [-0.2, -0.15) is 0 Å². The van der Waals surface area contributed by atoms with E-state index < -0.39 is 47.8 Å². The number of likely N-dealkylation sites (tertiary alicyclic amines) is 1. The molecule has 0 radical (unpaired) electrons. The Morgan fingerprint density at radius 1 is 0.936 bits per heavy atom. The van der Waals surface area contributed by atoms with Crippen LogP contribution in [0, 0.1) is 17.3 Å². The van der Waals surface area contributed by atoms with Crippen molar-refractivity contribution in [2.45, 2.75) is 77.3 Å². The average molecular weight is 642 g/mol. The first-order valence-corrected chi connectivity index (χ1v) is 16.7. The molecule has 4 aliphatic rings. The summed E-state index contributed by atoms with van der Waals surface area (Å²) in [6.07, 6.45) is 7.57. The molecule has 47 heavy (non-hydrogen) atoms. The topological polar surface area (TPSA) is 99.6 Å². The Morgan fingerprint density at radius 3 is 2.28 bits per heavy atom. The van der Waals surface area contributed by atoms with Gasteiger partial charge in [-0.3, -0.25) is 14.4 Å². The lowest BCUT2D eigenvalue weighted by molar-refractivity contribution is -0.154. The number of aliphatic hydroxyl groups is 1. The molecule has 2 fully saturated rings. The standard InChI is InChI=1S/C38H47N3O6/c1-7-46-27-18-16-26(17-19-27)39-21-11-15-29-30(33(39)43)31-34(44)41(28(23-42)25-13-9-8-10-14-25)32-35(45)40(22-12-20-38(31,32)47-29)37(5,6)24-36(2,3)4/h8-20,28-32,42H,7,21-24H2,1-6H3/t28-,29+,30-,31+,32?,38+/m1/s1. The molecule has 6 rings (SSSR count). The Hall–Kier alpha value is -3.95. The molecule has 1 N–H and O–H groups in total. The summed E-state index contributed by atoms with van der Waals surface area (Å²) in [5.74, 6) is -1.99. The minimum absolute atomic E-state index is 0.0680. The average Bonchev–Trinajstić information content (AvgIpc) is 3.32. The van der Waals surface area contributed by atoms with Crippen LogP contribution in [0.25, 0.3) is 0 Å². The van der Waals surface area contributed by atoms with Gasteiger partial charge in [0.2, 0.25) is 17.7 Å². The summed E-state index contributed by atoms with van der Waals surface area (Å²) in [5, 5.41) is 10.9. The van der Waals surface area contributed by atoms with E-state index in [2.05, 4.69) is 34.6 Å². The fraction of sp³-hybridized carbons (Fsp3) is 0.500. The minimum Gasteiger partial charge on any atom is -0.494 e. The van der Waals surface area contributed by atoms with Crippen LogP contribution in [0.4, 0.5) is 5.69 Å². The number of carbonyl (C=O) groups is 3. The van der Waals surface area contributed by atoms with Crippen molar-refractivity contribution < 1.29 is 29.0 Å². The van der Waals surface area contributed by atoms with E-state index in [0.717, 1.165) is 6.42 Å². The molecular formula is C38H47N3O6.